The molecule has 0 aliphatic carbocycles. The molecule has 1 unspecified atom stereocenters. The molecule has 0 saturated carbocycles. The van der Waals surface area contributed by atoms with Crippen LogP contribution in [0.25, 0.3) is 0 Å². The summed E-state index contributed by atoms with van der Waals surface area (Å²) in [7, 11) is -2.49. The highest BCUT2D eigenvalue weighted by Crippen LogP contribution is 2.22. The molecule has 0 radical (unpaired) electrons. The van der Waals surface area contributed by atoms with Gasteiger partial charge in [0, 0.05) is 25.2 Å². The van der Waals surface area contributed by atoms with Crippen molar-refractivity contribution in [2.75, 3.05) is 36.9 Å². The van der Waals surface area contributed by atoms with E-state index in [1.54, 1.807) is 12.1 Å². The summed E-state index contributed by atoms with van der Waals surface area (Å²) in [5.74, 6) is -0.327. The Morgan fingerprint density at radius 2 is 1.97 bits per heavy atom. The summed E-state index contributed by atoms with van der Waals surface area (Å²) in [6.45, 7) is 0.927. The number of halogens is 1. The number of pyridine rings is 1. The van der Waals surface area contributed by atoms with Gasteiger partial charge >= 0.3 is 0 Å². The lowest BCUT2D eigenvalue weighted by Gasteiger charge is -2.32. The molecule has 2 aromatic rings. The number of amides is 2. The summed E-state index contributed by atoms with van der Waals surface area (Å²) in [5.41, 5.74) is 5.85. The Labute approximate surface area is 186 Å². The van der Waals surface area contributed by atoms with Gasteiger partial charge in [0.05, 0.1) is 29.2 Å². The van der Waals surface area contributed by atoms with Gasteiger partial charge in [-0.05, 0) is 49.2 Å². The summed E-state index contributed by atoms with van der Waals surface area (Å²) in [6, 6.07) is 9.15. The van der Waals surface area contributed by atoms with Crippen molar-refractivity contribution in [2.45, 2.75) is 17.7 Å². The smallest absolute Gasteiger partial charge is 0.243 e. The molecule has 0 spiro atoms. The molecule has 1 aromatic carbocycles. The van der Waals surface area contributed by atoms with Crippen LogP contribution in [0.2, 0.25) is 5.02 Å². The largest absolute Gasteiger partial charge is 0.369 e. The fourth-order valence-electron chi connectivity index (χ4n) is 3.34. The summed E-state index contributed by atoms with van der Waals surface area (Å²) < 4.78 is 26.1. The topological polar surface area (TPSA) is 126 Å². The van der Waals surface area contributed by atoms with E-state index >= 15 is 0 Å². The van der Waals surface area contributed by atoms with Crippen molar-refractivity contribution in [3.8, 4) is 0 Å². The van der Waals surface area contributed by atoms with Gasteiger partial charge in [0.2, 0.25) is 21.8 Å². The number of sulfonamides is 1. The quantitative estimate of drug-likeness (QED) is 0.640. The van der Waals surface area contributed by atoms with E-state index in [0.717, 1.165) is 23.7 Å². The molecule has 166 valence electrons. The zero-order valence-corrected chi connectivity index (χ0v) is 18.6. The molecule has 1 saturated heterocycles. The van der Waals surface area contributed by atoms with Crippen LogP contribution in [0.4, 0.5) is 11.5 Å². The van der Waals surface area contributed by atoms with E-state index in [-0.39, 0.29) is 23.3 Å². The number of aromatic nitrogens is 1. The number of likely N-dealkylation sites (N-methyl/N-ethyl adjacent to an activating group) is 1. The van der Waals surface area contributed by atoms with Crippen LogP contribution in [0.3, 0.4) is 0 Å². The highest BCUT2D eigenvalue weighted by Gasteiger charge is 2.25. The van der Waals surface area contributed by atoms with Gasteiger partial charge in [0.25, 0.3) is 0 Å². The first-order chi connectivity index (χ1) is 14.7. The third kappa shape index (κ3) is 5.72. The summed E-state index contributed by atoms with van der Waals surface area (Å²) >= 11 is 5.80. The van der Waals surface area contributed by atoms with Crippen LogP contribution in [0.1, 0.15) is 12.8 Å². The first-order valence-electron chi connectivity index (χ1n) is 9.69. The van der Waals surface area contributed by atoms with Crippen LogP contribution >= 0.6 is 11.6 Å². The van der Waals surface area contributed by atoms with Crippen molar-refractivity contribution < 1.29 is 18.0 Å². The minimum absolute atomic E-state index is 0.0500. The molecule has 2 amide bonds. The van der Waals surface area contributed by atoms with E-state index in [2.05, 4.69) is 10.3 Å². The van der Waals surface area contributed by atoms with Gasteiger partial charge in [-0.1, -0.05) is 11.6 Å². The fourth-order valence-corrected chi connectivity index (χ4v) is 4.59. The third-order valence-electron chi connectivity index (χ3n) is 5.07. The molecule has 2 heterocycles. The maximum atomic E-state index is 12.6. The number of anilines is 2. The number of nitrogens with one attached hydrogen (secondary N) is 1. The van der Waals surface area contributed by atoms with Crippen LogP contribution in [-0.2, 0) is 19.6 Å². The maximum Gasteiger partial charge on any atom is 0.243 e. The molecule has 31 heavy (non-hydrogen) atoms. The lowest BCUT2D eigenvalue weighted by molar-refractivity contribution is -0.122. The molecular weight excluding hydrogens is 442 g/mol. The number of primary amides is 1. The summed E-state index contributed by atoms with van der Waals surface area (Å²) in [5, 5.41) is 3.06. The van der Waals surface area contributed by atoms with E-state index < -0.39 is 15.9 Å². The van der Waals surface area contributed by atoms with Gasteiger partial charge in [-0.25, -0.2) is 13.4 Å². The maximum absolute atomic E-state index is 12.6. The van der Waals surface area contributed by atoms with Gasteiger partial charge in [0.15, 0.2) is 0 Å². The first kappa shape index (κ1) is 23.0. The number of benzene rings is 1. The number of hydrogen-bond donors (Lipinski definition) is 2. The van der Waals surface area contributed by atoms with Gasteiger partial charge in [-0.2, -0.15) is 4.31 Å². The van der Waals surface area contributed by atoms with Crippen LogP contribution in [0.5, 0.6) is 0 Å². The summed E-state index contributed by atoms with van der Waals surface area (Å²) in [4.78, 5) is 30.2. The summed E-state index contributed by atoms with van der Waals surface area (Å²) in [6.07, 6.45) is 3.11. The van der Waals surface area contributed by atoms with Crippen molar-refractivity contribution >= 4 is 44.9 Å². The standard InChI is InChI=1S/C20H24ClN5O4S/c1-25(31(29,30)17-7-4-15(21)5-8-17)13-19(27)24-16-6-9-18(23-11-16)26-10-2-3-14(12-26)20(22)28/h4-9,11,14H,2-3,10,12-13H2,1H3,(H2,22,28)(H,24,27). The SMILES string of the molecule is CN(CC(=O)Nc1ccc(N2CCCC(C(N)=O)C2)nc1)S(=O)(=O)c1ccc(Cl)cc1. The Morgan fingerprint density at radius 3 is 2.58 bits per heavy atom. The third-order valence-corrected chi connectivity index (χ3v) is 7.14. The molecule has 1 atom stereocenters. The Hall–Kier alpha value is -2.69. The Morgan fingerprint density at radius 1 is 1.26 bits per heavy atom. The normalized spacial score (nSPS) is 16.9. The number of nitrogens with zero attached hydrogens (tertiary/aromatic N) is 3. The van der Waals surface area contributed by atoms with E-state index in [1.165, 1.54) is 37.5 Å². The predicted molar refractivity (Wildman–Crippen MR) is 118 cm³/mol. The van der Waals surface area contributed by atoms with Gasteiger partial charge in [0.1, 0.15) is 5.82 Å². The number of carbonyl (C=O) groups excluding carboxylic acids is 2. The molecule has 11 heteroatoms. The van der Waals surface area contributed by atoms with Crippen molar-refractivity contribution in [3.05, 3.63) is 47.6 Å². The van der Waals surface area contributed by atoms with E-state index in [9.17, 15) is 18.0 Å². The first-order valence-corrected chi connectivity index (χ1v) is 11.5. The Kier molecular flexibility index (Phi) is 7.14. The average Bonchev–Trinajstić information content (AvgIpc) is 2.74. The van der Waals surface area contributed by atoms with Gasteiger partial charge in [-0.3, -0.25) is 9.59 Å². The lowest BCUT2D eigenvalue weighted by Crippen LogP contribution is -2.41. The van der Waals surface area contributed by atoms with E-state index in [0.29, 0.717) is 23.1 Å². The molecule has 9 nitrogen and oxygen atoms in total. The highest BCUT2D eigenvalue weighted by atomic mass is 35.5. The molecule has 1 aliphatic rings. The second-order valence-electron chi connectivity index (χ2n) is 7.36. The van der Waals surface area contributed by atoms with Crippen molar-refractivity contribution in [3.63, 3.8) is 0 Å². The second kappa shape index (κ2) is 9.63. The lowest BCUT2D eigenvalue weighted by atomic mass is 9.97. The van der Waals surface area contributed by atoms with Crippen molar-refractivity contribution in [2.24, 2.45) is 11.7 Å². The molecular formula is C20H24ClN5O4S. The van der Waals surface area contributed by atoms with E-state index in [4.69, 9.17) is 17.3 Å². The number of piperidine rings is 1. The van der Waals surface area contributed by atoms with Crippen molar-refractivity contribution in [1.29, 1.82) is 0 Å². The molecule has 1 aromatic heterocycles. The average molecular weight is 466 g/mol. The van der Waals surface area contributed by atoms with Gasteiger partial charge < -0.3 is 16.0 Å². The number of hydrogen-bond acceptors (Lipinski definition) is 6. The van der Waals surface area contributed by atoms with Crippen LogP contribution in [0, 0.1) is 5.92 Å². The molecule has 3 rings (SSSR count). The second-order valence-corrected chi connectivity index (χ2v) is 9.84. The number of nitrogens with two attached hydrogens (primary N) is 1. The Bertz CT molecular complexity index is 1040. The Balaban J connectivity index is 1.59. The fraction of sp³-hybridized carbons (Fsp3) is 0.350. The number of rotatable bonds is 7. The minimum atomic E-state index is -3.82. The zero-order chi connectivity index (χ0) is 22.6. The highest BCUT2D eigenvalue weighted by molar-refractivity contribution is 7.89. The monoisotopic (exact) mass is 465 g/mol. The van der Waals surface area contributed by atoms with Gasteiger partial charge in [-0.15, -0.1) is 0 Å². The van der Waals surface area contributed by atoms with Crippen molar-refractivity contribution in [1.82, 2.24) is 9.29 Å². The zero-order valence-electron chi connectivity index (χ0n) is 17.0. The molecule has 1 aliphatic heterocycles. The molecule has 1 fully saturated rings. The van der Waals surface area contributed by atoms with Crippen LogP contribution in [0.15, 0.2) is 47.5 Å². The molecule has 3 N–H and O–H groups in total. The minimum Gasteiger partial charge on any atom is -0.369 e. The van der Waals surface area contributed by atoms with Crippen LogP contribution < -0.4 is 16.0 Å². The number of carbonyl (C=O) groups is 2. The van der Waals surface area contributed by atoms with Crippen LogP contribution in [-0.4, -0.2) is 56.2 Å². The molecule has 0 bridgehead atoms. The van der Waals surface area contributed by atoms with E-state index in [1.807, 2.05) is 4.90 Å². The predicted octanol–water partition coefficient (Wildman–Crippen LogP) is 1.70.